The molecule has 2 N–H and O–H groups in total. The van der Waals surface area contributed by atoms with Gasteiger partial charge in [0.25, 0.3) is 0 Å². The second kappa shape index (κ2) is 1.95. The molecule has 1 saturated heterocycles. The fourth-order valence-electron chi connectivity index (χ4n) is 1.12. The van der Waals surface area contributed by atoms with E-state index in [-0.39, 0.29) is 11.9 Å². The fourth-order valence-corrected chi connectivity index (χ4v) is 1.12. The van der Waals surface area contributed by atoms with E-state index in [0.29, 0.717) is 6.61 Å². The van der Waals surface area contributed by atoms with E-state index in [2.05, 4.69) is 0 Å². The van der Waals surface area contributed by atoms with E-state index in [4.69, 9.17) is 19.7 Å². The second-order valence-electron chi connectivity index (χ2n) is 2.41. The van der Waals surface area contributed by atoms with Crippen molar-refractivity contribution in [2.24, 2.45) is 0 Å². The summed E-state index contributed by atoms with van der Waals surface area (Å²) in [4.78, 5) is 0. The standard InChI is InChI=1S/C6H8O4/c7-3-1-5-9-2-4(10-5)6(3)8/h1,4-8H,2H2/t4-,5-,6+/m1/s1. The minimum absolute atomic E-state index is 0.0428. The smallest absolute Gasteiger partial charge is 0.181 e. The van der Waals surface area contributed by atoms with Crippen molar-refractivity contribution in [3.63, 3.8) is 0 Å². The summed E-state index contributed by atoms with van der Waals surface area (Å²) < 4.78 is 10.1. The molecule has 0 spiro atoms. The van der Waals surface area contributed by atoms with Crippen LogP contribution in [-0.2, 0) is 9.47 Å². The third-order valence-electron chi connectivity index (χ3n) is 1.70. The van der Waals surface area contributed by atoms with Crippen LogP contribution in [0.2, 0.25) is 0 Å². The van der Waals surface area contributed by atoms with Gasteiger partial charge in [0.15, 0.2) is 6.29 Å². The molecule has 2 aliphatic heterocycles. The third kappa shape index (κ3) is 0.733. The molecule has 10 heavy (non-hydrogen) atoms. The molecule has 2 aliphatic rings. The molecule has 0 aromatic heterocycles. The first-order chi connectivity index (χ1) is 4.77. The van der Waals surface area contributed by atoms with Crippen LogP contribution in [0.3, 0.4) is 0 Å². The lowest BCUT2D eigenvalue weighted by Crippen LogP contribution is -2.33. The molecule has 3 atom stereocenters. The lowest BCUT2D eigenvalue weighted by Gasteiger charge is -2.20. The summed E-state index contributed by atoms with van der Waals surface area (Å²) in [6.45, 7) is 0.354. The number of ether oxygens (including phenoxy) is 2. The Balaban J connectivity index is 2.25. The second-order valence-corrected chi connectivity index (χ2v) is 2.41. The van der Waals surface area contributed by atoms with E-state index < -0.39 is 12.4 Å². The van der Waals surface area contributed by atoms with Gasteiger partial charge in [0.2, 0.25) is 0 Å². The molecule has 1 fully saturated rings. The summed E-state index contributed by atoms with van der Waals surface area (Å²) in [5.41, 5.74) is 0. The first-order valence-corrected chi connectivity index (χ1v) is 3.13. The van der Waals surface area contributed by atoms with E-state index in [1.807, 2.05) is 0 Å². The molecule has 2 bridgehead atoms. The SMILES string of the molecule is OC1=C[C@@H]2OC[C@@H](O2)[C@H]1O. The summed E-state index contributed by atoms with van der Waals surface area (Å²) in [5.74, 6) is -0.0428. The lowest BCUT2D eigenvalue weighted by molar-refractivity contribution is -0.0692. The van der Waals surface area contributed by atoms with Gasteiger partial charge < -0.3 is 19.7 Å². The molecule has 0 amide bonds. The van der Waals surface area contributed by atoms with Gasteiger partial charge in [-0.15, -0.1) is 0 Å². The molecular formula is C6H8O4. The molecule has 0 radical (unpaired) electrons. The van der Waals surface area contributed by atoms with Gasteiger partial charge in [-0.1, -0.05) is 0 Å². The van der Waals surface area contributed by atoms with Crippen LogP contribution in [0.5, 0.6) is 0 Å². The summed E-state index contributed by atoms with van der Waals surface area (Å²) in [6, 6.07) is 0. The van der Waals surface area contributed by atoms with E-state index in [9.17, 15) is 0 Å². The Morgan fingerprint density at radius 1 is 1.60 bits per heavy atom. The van der Waals surface area contributed by atoms with Crippen LogP contribution in [-0.4, -0.2) is 35.3 Å². The summed E-state index contributed by atoms with van der Waals surface area (Å²) in [7, 11) is 0. The predicted molar refractivity (Wildman–Crippen MR) is 31.3 cm³/mol. The fraction of sp³-hybridized carbons (Fsp3) is 0.667. The largest absolute Gasteiger partial charge is 0.510 e. The molecule has 2 heterocycles. The van der Waals surface area contributed by atoms with Gasteiger partial charge in [0.05, 0.1) is 6.61 Å². The molecule has 0 aliphatic carbocycles. The molecule has 0 aromatic rings. The van der Waals surface area contributed by atoms with Crippen molar-refractivity contribution >= 4 is 0 Å². The van der Waals surface area contributed by atoms with Crippen LogP contribution in [0.1, 0.15) is 0 Å². The predicted octanol–water partition coefficient (Wildman–Crippen LogP) is -0.456. The highest BCUT2D eigenvalue weighted by atomic mass is 16.7. The maximum atomic E-state index is 9.14. The van der Waals surface area contributed by atoms with Crippen LogP contribution < -0.4 is 0 Å². The molecule has 56 valence electrons. The van der Waals surface area contributed by atoms with Gasteiger partial charge in [-0.25, -0.2) is 0 Å². The van der Waals surface area contributed by atoms with Gasteiger partial charge in [-0.05, 0) is 0 Å². The minimum Gasteiger partial charge on any atom is -0.510 e. The van der Waals surface area contributed by atoms with E-state index in [0.717, 1.165) is 0 Å². The van der Waals surface area contributed by atoms with Gasteiger partial charge in [0.1, 0.15) is 18.0 Å². The molecule has 4 nitrogen and oxygen atoms in total. The highest BCUT2D eigenvalue weighted by Gasteiger charge is 2.37. The van der Waals surface area contributed by atoms with Crippen molar-refractivity contribution in [2.75, 3.05) is 6.61 Å². The zero-order chi connectivity index (χ0) is 7.14. The highest BCUT2D eigenvalue weighted by molar-refractivity contribution is 5.08. The topological polar surface area (TPSA) is 58.9 Å². The average molecular weight is 144 g/mol. The zero-order valence-electron chi connectivity index (χ0n) is 5.23. The van der Waals surface area contributed by atoms with Crippen LogP contribution >= 0.6 is 0 Å². The van der Waals surface area contributed by atoms with Gasteiger partial charge in [-0.2, -0.15) is 0 Å². The number of hydrogen-bond donors (Lipinski definition) is 2. The van der Waals surface area contributed by atoms with Gasteiger partial charge >= 0.3 is 0 Å². The average Bonchev–Trinajstić information content (AvgIpc) is 2.29. The lowest BCUT2D eigenvalue weighted by atomic mass is 10.1. The monoisotopic (exact) mass is 144 g/mol. The van der Waals surface area contributed by atoms with Crippen molar-refractivity contribution in [1.29, 1.82) is 0 Å². The van der Waals surface area contributed by atoms with Crippen molar-refractivity contribution in [3.05, 3.63) is 11.8 Å². The Hall–Kier alpha value is -0.580. The first kappa shape index (κ1) is 6.15. The molecule has 0 aromatic carbocycles. The zero-order valence-corrected chi connectivity index (χ0v) is 5.23. The van der Waals surface area contributed by atoms with Crippen LogP contribution in [0.15, 0.2) is 11.8 Å². The highest BCUT2D eigenvalue weighted by Crippen LogP contribution is 2.24. The molecule has 0 saturated carbocycles. The first-order valence-electron chi connectivity index (χ1n) is 3.13. The normalized spacial score (nSPS) is 45.3. The third-order valence-corrected chi connectivity index (χ3v) is 1.70. The van der Waals surface area contributed by atoms with Crippen molar-refractivity contribution < 1.29 is 19.7 Å². The number of aliphatic hydroxyl groups excluding tert-OH is 2. The van der Waals surface area contributed by atoms with Gasteiger partial charge in [-0.3, -0.25) is 0 Å². The number of fused-ring (bicyclic) bond motifs is 2. The molecular weight excluding hydrogens is 136 g/mol. The van der Waals surface area contributed by atoms with E-state index >= 15 is 0 Å². The van der Waals surface area contributed by atoms with Gasteiger partial charge in [0, 0.05) is 6.08 Å². The van der Waals surface area contributed by atoms with Crippen molar-refractivity contribution in [3.8, 4) is 0 Å². The van der Waals surface area contributed by atoms with Crippen LogP contribution in [0.4, 0.5) is 0 Å². The molecule has 4 heteroatoms. The molecule has 2 rings (SSSR count). The quantitative estimate of drug-likeness (QED) is 0.483. The minimum atomic E-state index is -0.904. The Morgan fingerprint density at radius 2 is 2.40 bits per heavy atom. The number of rotatable bonds is 0. The van der Waals surface area contributed by atoms with Crippen LogP contribution in [0.25, 0.3) is 0 Å². The maximum absolute atomic E-state index is 9.14. The summed E-state index contributed by atoms with van der Waals surface area (Å²) in [5, 5.41) is 18.2. The van der Waals surface area contributed by atoms with Crippen LogP contribution in [0, 0.1) is 0 Å². The summed E-state index contributed by atoms with van der Waals surface area (Å²) in [6.07, 6.45) is -0.365. The summed E-state index contributed by atoms with van der Waals surface area (Å²) >= 11 is 0. The number of aliphatic hydroxyl groups is 2. The molecule has 0 unspecified atom stereocenters. The Bertz CT molecular complexity index is 177. The van der Waals surface area contributed by atoms with Crippen molar-refractivity contribution in [2.45, 2.75) is 18.5 Å². The maximum Gasteiger partial charge on any atom is 0.181 e. The number of hydrogen-bond acceptors (Lipinski definition) is 4. The Kier molecular flexibility index (Phi) is 1.20. The van der Waals surface area contributed by atoms with E-state index in [1.54, 1.807) is 0 Å². The van der Waals surface area contributed by atoms with Crippen molar-refractivity contribution in [1.82, 2.24) is 0 Å². The Morgan fingerprint density at radius 3 is 3.20 bits per heavy atom. The van der Waals surface area contributed by atoms with E-state index in [1.165, 1.54) is 6.08 Å². The Labute approximate surface area is 57.7 Å².